The minimum Gasteiger partial charge on any atom is -0.466 e. The van der Waals surface area contributed by atoms with E-state index in [0.717, 1.165) is 41.1 Å². The summed E-state index contributed by atoms with van der Waals surface area (Å²) in [6.45, 7) is 5.05. The molecule has 5 heteroatoms. The molecule has 0 saturated heterocycles. The minimum absolute atomic E-state index is 0.145. The van der Waals surface area contributed by atoms with E-state index in [1.165, 1.54) is 0 Å². The van der Waals surface area contributed by atoms with Gasteiger partial charge in [-0.15, -0.1) is 0 Å². The molecule has 1 atom stereocenters. The Bertz CT molecular complexity index is 1180. The molecule has 1 amide bonds. The molecule has 0 bridgehead atoms. The van der Waals surface area contributed by atoms with Crippen LogP contribution in [0.5, 0.6) is 0 Å². The number of aryl methyl sites for hydroxylation is 1. The van der Waals surface area contributed by atoms with Gasteiger partial charge in [0.2, 0.25) is 0 Å². The Morgan fingerprint density at radius 3 is 2.61 bits per heavy atom. The number of nitrogens with zero attached hydrogens (tertiary/aromatic N) is 2. The van der Waals surface area contributed by atoms with Crippen LogP contribution < -0.4 is 10.2 Å². The van der Waals surface area contributed by atoms with Gasteiger partial charge in [0, 0.05) is 36.1 Å². The minimum atomic E-state index is -0.145. The van der Waals surface area contributed by atoms with Crippen LogP contribution in [0.1, 0.15) is 41.1 Å². The average molecular weight is 414 g/mol. The number of para-hydroxylation sites is 1. The van der Waals surface area contributed by atoms with Gasteiger partial charge in [-0.3, -0.25) is 9.78 Å². The molecule has 31 heavy (non-hydrogen) atoms. The Labute approximate surface area is 182 Å². The van der Waals surface area contributed by atoms with Crippen molar-refractivity contribution in [2.45, 2.75) is 26.2 Å². The Morgan fingerprint density at radius 2 is 1.87 bits per heavy atom. The first-order valence-corrected chi connectivity index (χ1v) is 10.5. The first-order valence-electron chi connectivity index (χ1n) is 10.5. The first-order chi connectivity index (χ1) is 15.0. The molecule has 2 aromatic carbocycles. The third kappa shape index (κ3) is 4.94. The molecule has 4 aromatic rings. The van der Waals surface area contributed by atoms with Gasteiger partial charge in [0.25, 0.3) is 5.91 Å². The van der Waals surface area contributed by atoms with Gasteiger partial charge in [0.1, 0.15) is 11.5 Å². The molecule has 0 aliphatic heterocycles. The van der Waals surface area contributed by atoms with Crippen molar-refractivity contribution in [2.24, 2.45) is 0 Å². The molecule has 2 aromatic heterocycles. The van der Waals surface area contributed by atoms with Gasteiger partial charge in [0.05, 0.1) is 17.4 Å². The van der Waals surface area contributed by atoms with Gasteiger partial charge in [0.15, 0.2) is 0 Å². The van der Waals surface area contributed by atoms with E-state index in [1.807, 2.05) is 67.6 Å². The number of pyridine rings is 1. The summed E-state index contributed by atoms with van der Waals surface area (Å²) >= 11 is 0. The van der Waals surface area contributed by atoms with E-state index >= 15 is 0 Å². The zero-order chi connectivity index (χ0) is 21.8. The van der Waals surface area contributed by atoms with Crippen molar-refractivity contribution in [3.05, 3.63) is 90.0 Å². The summed E-state index contributed by atoms with van der Waals surface area (Å²) < 4.78 is 5.73. The molecule has 2 heterocycles. The number of hydrogen-bond acceptors (Lipinski definition) is 4. The van der Waals surface area contributed by atoms with E-state index < -0.39 is 0 Å². The van der Waals surface area contributed by atoms with Crippen LogP contribution in [0.15, 0.2) is 77.3 Å². The number of fused-ring (bicyclic) bond motifs is 1. The molecule has 4 rings (SSSR count). The molecule has 0 radical (unpaired) electrons. The summed E-state index contributed by atoms with van der Waals surface area (Å²) in [5.74, 6) is 2.19. The second-order valence-electron chi connectivity index (χ2n) is 7.98. The van der Waals surface area contributed by atoms with Crippen molar-refractivity contribution in [1.29, 1.82) is 0 Å². The lowest BCUT2D eigenvalue weighted by atomic mass is 10.0. The van der Waals surface area contributed by atoms with Crippen LogP contribution in [-0.4, -0.2) is 24.5 Å². The normalized spacial score (nSPS) is 12.0. The van der Waals surface area contributed by atoms with Crippen LogP contribution in [0.25, 0.3) is 10.9 Å². The highest BCUT2D eigenvalue weighted by molar-refractivity contribution is 6.05. The van der Waals surface area contributed by atoms with Crippen molar-refractivity contribution in [3.63, 3.8) is 0 Å². The van der Waals surface area contributed by atoms with Crippen molar-refractivity contribution in [2.75, 3.05) is 23.8 Å². The Balaban J connectivity index is 1.35. The number of carbonyl (C=O) groups is 1. The van der Waals surface area contributed by atoms with E-state index in [9.17, 15) is 4.79 Å². The highest BCUT2D eigenvalue weighted by atomic mass is 16.3. The van der Waals surface area contributed by atoms with Crippen molar-refractivity contribution < 1.29 is 9.21 Å². The summed E-state index contributed by atoms with van der Waals surface area (Å²) in [4.78, 5) is 19.2. The summed E-state index contributed by atoms with van der Waals surface area (Å²) in [7, 11) is 2.07. The maximum atomic E-state index is 12.6. The largest absolute Gasteiger partial charge is 0.466 e. The standard InChI is InChI=1S/C26H27N3O2/c1-18(25-13-8-19(2)31-25)14-15-29(3)23-11-9-20(10-12-23)26(30)28-22-16-21-6-4-5-7-24(21)27-17-22/h4-13,16-18H,14-15H2,1-3H3,(H,28,30). The Kier molecular flexibility index (Phi) is 6.03. The zero-order valence-electron chi connectivity index (χ0n) is 18.1. The number of benzene rings is 2. The molecule has 1 N–H and O–H groups in total. The molecule has 0 spiro atoms. The predicted molar refractivity (Wildman–Crippen MR) is 126 cm³/mol. The number of nitrogens with one attached hydrogen (secondary N) is 1. The third-order valence-corrected chi connectivity index (χ3v) is 5.56. The maximum Gasteiger partial charge on any atom is 0.255 e. The monoisotopic (exact) mass is 413 g/mol. The fraction of sp³-hybridized carbons (Fsp3) is 0.231. The van der Waals surface area contributed by atoms with Gasteiger partial charge >= 0.3 is 0 Å². The van der Waals surface area contributed by atoms with E-state index in [2.05, 4.69) is 35.2 Å². The number of rotatable bonds is 7. The number of hydrogen-bond donors (Lipinski definition) is 1. The summed E-state index contributed by atoms with van der Waals surface area (Å²) in [5.41, 5.74) is 3.29. The quantitative estimate of drug-likeness (QED) is 0.403. The second-order valence-corrected chi connectivity index (χ2v) is 7.98. The smallest absolute Gasteiger partial charge is 0.255 e. The number of anilines is 2. The van der Waals surface area contributed by atoms with Crippen LogP contribution in [0.2, 0.25) is 0 Å². The second kappa shape index (κ2) is 9.04. The third-order valence-electron chi connectivity index (χ3n) is 5.56. The van der Waals surface area contributed by atoms with E-state index in [4.69, 9.17) is 4.42 Å². The highest BCUT2D eigenvalue weighted by Crippen LogP contribution is 2.23. The van der Waals surface area contributed by atoms with Crippen LogP contribution >= 0.6 is 0 Å². The molecule has 0 aliphatic carbocycles. The maximum absolute atomic E-state index is 12.6. The van der Waals surface area contributed by atoms with Crippen molar-refractivity contribution in [1.82, 2.24) is 4.98 Å². The zero-order valence-corrected chi connectivity index (χ0v) is 18.1. The van der Waals surface area contributed by atoms with Crippen LogP contribution in [0.3, 0.4) is 0 Å². The first kappa shape index (κ1) is 20.7. The van der Waals surface area contributed by atoms with E-state index in [-0.39, 0.29) is 5.91 Å². The lowest BCUT2D eigenvalue weighted by Crippen LogP contribution is -2.20. The fourth-order valence-corrected chi connectivity index (χ4v) is 3.59. The van der Waals surface area contributed by atoms with E-state index in [0.29, 0.717) is 17.2 Å². The van der Waals surface area contributed by atoms with E-state index in [1.54, 1.807) is 6.20 Å². The van der Waals surface area contributed by atoms with Gasteiger partial charge < -0.3 is 14.6 Å². The molecular weight excluding hydrogens is 386 g/mol. The van der Waals surface area contributed by atoms with Gasteiger partial charge in [-0.2, -0.15) is 0 Å². The van der Waals surface area contributed by atoms with Crippen LogP contribution in [0, 0.1) is 6.92 Å². The SMILES string of the molecule is Cc1ccc(C(C)CCN(C)c2ccc(C(=O)Nc3cnc4ccccc4c3)cc2)o1. The molecule has 0 saturated carbocycles. The Hall–Kier alpha value is -3.60. The van der Waals surface area contributed by atoms with Gasteiger partial charge in [-0.25, -0.2) is 0 Å². The molecular formula is C26H27N3O2. The number of amides is 1. The molecule has 0 fully saturated rings. The lowest BCUT2D eigenvalue weighted by molar-refractivity contribution is 0.102. The van der Waals surface area contributed by atoms with Gasteiger partial charge in [-0.05, 0) is 61.9 Å². The van der Waals surface area contributed by atoms with Crippen LogP contribution in [0.4, 0.5) is 11.4 Å². The summed E-state index contributed by atoms with van der Waals surface area (Å²) in [6, 6.07) is 21.5. The highest BCUT2D eigenvalue weighted by Gasteiger charge is 2.12. The Morgan fingerprint density at radius 1 is 1.10 bits per heavy atom. The van der Waals surface area contributed by atoms with Crippen LogP contribution in [-0.2, 0) is 0 Å². The lowest BCUT2D eigenvalue weighted by Gasteiger charge is -2.21. The van der Waals surface area contributed by atoms with Crippen molar-refractivity contribution in [3.8, 4) is 0 Å². The molecule has 0 aliphatic rings. The number of carbonyl (C=O) groups excluding carboxylic acids is 1. The molecule has 5 nitrogen and oxygen atoms in total. The number of furan rings is 1. The van der Waals surface area contributed by atoms with Gasteiger partial charge in [-0.1, -0.05) is 25.1 Å². The van der Waals surface area contributed by atoms with Crippen molar-refractivity contribution >= 4 is 28.2 Å². The predicted octanol–water partition coefficient (Wildman–Crippen LogP) is 6.02. The fourth-order valence-electron chi connectivity index (χ4n) is 3.59. The molecule has 158 valence electrons. The molecule has 1 unspecified atom stereocenters. The topological polar surface area (TPSA) is 58.4 Å². The average Bonchev–Trinajstić information content (AvgIpc) is 3.23. The summed E-state index contributed by atoms with van der Waals surface area (Å²) in [6.07, 6.45) is 2.67. The number of aromatic nitrogens is 1. The summed E-state index contributed by atoms with van der Waals surface area (Å²) in [5, 5.41) is 3.93.